The SMILES string of the molecule is CC(=O)Nc1ccn([C@H]2C[C@H](OC(C)=O)[C@@H](CS)O2)c(=O)n1. The van der Waals surface area contributed by atoms with Crippen molar-refractivity contribution in [2.45, 2.75) is 38.7 Å². The Labute approximate surface area is 132 Å². The first-order chi connectivity index (χ1) is 10.4. The fourth-order valence-corrected chi connectivity index (χ4v) is 2.58. The third kappa shape index (κ3) is 3.86. The number of aromatic nitrogens is 2. The standard InChI is InChI=1S/C13H17N3O5S/c1-7(17)14-11-3-4-16(13(19)15-11)12-5-9(20-8(2)18)10(6-22)21-12/h3-4,9-10,12,22H,5-6H2,1-2H3,(H,14,15,17,19)/t9-,10+,12+/m0/s1. The normalized spacial score (nSPS) is 24.0. The van der Waals surface area contributed by atoms with Gasteiger partial charge in [0.05, 0.1) is 0 Å². The lowest BCUT2D eigenvalue weighted by molar-refractivity contribution is -0.148. The van der Waals surface area contributed by atoms with Crippen LogP contribution >= 0.6 is 12.6 Å². The zero-order valence-corrected chi connectivity index (χ0v) is 13.1. The molecule has 2 rings (SSSR count). The van der Waals surface area contributed by atoms with Gasteiger partial charge < -0.3 is 14.8 Å². The van der Waals surface area contributed by atoms with E-state index in [0.29, 0.717) is 12.2 Å². The number of rotatable bonds is 4. The number of hydrogen-bond donors (Lipinski definition) is 2. The summed E-state index contributed by atoms with van der Waals surface area (Å²) in [6.07, 6.45) is 0.386. The van der Waals surface area contributed by atoms with Crippen molar-refractivity contribution in [2.24, 2.45) is 0 Å². The molecule has 22 heavy (non-hydrogen) atoms. The van der Waals surface area contributed by atoms with E-state index in [1.165, 1.54) is 30.7 Å². The third-order valence-electron chi connectivity index (χ3n) is 3.12. The van der Waals surface area contributed by atoms with Gasteiger partial charge in [-0.25, -0.2) is 4.79 Å². The van der Waals surface area contributed by atoms with Crippen LogP contribution in [-0.2, 0) is 19.1 Å². The average molecular weight is 327 g/mol. The molecular formula is C13H17N3O5S. The molecule has 120 valence electrons. The fourth-order valence-electron chi connectivity index (χ4n) is 2.25. The molecule has 0 bridgehead atoms. The van der Waals surface area contributed by atoms with Crippen LogP contribution in [-0.4, -0.2) is 39.4 Å². The Morgan fingerprint density at radius 1 is 1.55 bits per heavy atom. The van der Waals surface area contributed by atoms with Gasteiger partial charge in [-0.1, -0.05) is 0 Å². The minimum absolute atomic E-state index is 0.175. The highest BCUT2D eigenvalue weighted by Gasteiger charge is 2.38. The predicted molar refractivity (Wildman–Crippen MR) is 80.7 cm³/mol. The highest BCUT2D eigenvalue weighted by Crippen LogP contribution is 2.30. The zero-order chi connectivity index (χ0) is 16.3. The molecule has 2 heterocycles. The van der Waals surface area contributed by atoms with E-state index in [9.17, 15) is 14.4 Å². The van der Waals surface area contributed by atoms with Crippen molar-refractivity contribution < 1.29 is 19.1 Å². The van der Waals surface area contributed by atoms with E-state index >= 15 is 0 Å². The van der Waals surface area contributed by atoms with Crippen molar-refractivity contribution in [3.05, 3.63) is 22.7 Å². The van der Waals surface area contributed by atoms with Crippen LogP contribution in [0, 0.1) is 0 Å². The van der Waals surface area contributed by atoms with E-state index in [-0.39, 0.29) is 17.8 Å². The summed E-state index contributed by atoms with van der Waals surface area (Å²) in [6.45, 7) is 2.65. The monoisotopic (exact) mass is 327 g/mol. The third-order valence-corrected chi connectivity index (χ3v) is 3.48. The van der Waals surface area contributed by atoms with Crippen LogP contribution in [0.1, 0.15) is 26.5 Å². The molecule has 1 saturated heterocycles. The highest BCUT2D eigenvalue weighted by molar-refractivity contribution is 7.80. The maximum atomic E-state index is 12.0. The van der Waals surface area contributed by atoms with Crippen LogP contribution in [0.25, 0.3) is 0 Å². The molecule has 8 nitrogen and oxygen atoms in total. The van der Waals surface area contributed by atoms with Crippen molar-refractivity contribution in [1.82, 2.24) is 9.55 Å². The number of amides is 1. The second-order valence-corrected chi connectivity index (χ2v) is 5.24. The molecule has 1 aromatic rings. The summed E-state index contributed by atoms with van der Waals surface area (Å²) >= 11 is 4.16. The molecule has 0 saturated carbocycles. The average Bonchev–Trinajstić information content (AvgIpc) is 2.80. The second-order valence-electron chi connectivity index (χ2n) is 4.88. The molecule has 1 N–H and O–H groups in total. The van der Waals surface area contributed by atoms with Gasteiger partial charge in [0.2, 0.25) is 5.91 Å². The number of anilines is 1. The Morgan fingerprint density at radius 2 is 2.27 bits per heavy atom. The summed E-state index contributed by atoms with van der Waals surface area (Å²) in [4.78, 5) is 37.8. The molecule has 0 aromatic carbocycles. The number of carbonyl (C=O) groups excluding carboxylic acids is 2. The molecule has 0 spiro atoms. The van der Waals surface area contributed by atoms with Crippen molar-refractivity contribution in [1.29, 1.82) is 0 Å². The van der Waals surface area contributed by atoms with Gasteiger partial charge >= 0.3 is 11.7 Å². The van der Waals surface area contributed by atoms with Crippen LogP contribution in [0.3, 0.4) is 0 Å². The number of nitrogens with one attached hydrogen (secondary N) is 1. The molecule has 1 aromatic heterocycles. The Balaban J connectivity index is 2.17. The predicted octanol–water partition coefficient (Wildman–Crippen LogP) is 0.351. The molecule has 0 unspecified atom stereocenters. The summed E-state index contributed by atoms with van der Waals surface area (Å²) in [5.74, 6) is -0.186. The Morgan fingerprint density at radius 3 is 2.82 bits per heavy atom. The van der Waals surface area contributed by atoms with Gasteiger partial charge in [-0.3, -0.25) is 14.2 Å². The Bertz CT molecular complexity index is 632. The largest absolute Gasteiger partial charge is 0.460 e. The molecule has 1 aliphatic rings. The van der Waals surface area contributed by atoms with Gasteiger partial charge in [0, 0.05) is 32.2 Å². The molecule has 1 fully saturated rings. The van der Waals surface area contributed by atoms with Crippen molar-refractivity contribution >= 4 is 30.3 Å². The second kappa shape index (κ2) is 6.93. The van der Waals surface area contributed by atoms with Gasteiger partial charge in [-0.15, -0.1) is 0 Å². The first-order valence-corrected chi connectivity index (χ1v) is 7.34. The fraction of sp³-hybridized carbons (Fsp3) is 0.538. The molecule has 9 heteroatoms. The van der Waals surface area contributed by atoms with Crippen molar-refractivity contribution in [3.8, 4) is 0 Å². The maximum Gasteiger partial charge on any atom is 0.351 e. The van der Waals surface area contributed by atoms with E-state index in [1.807, 2.05) is 0 Å². The van der Waals surface area contributed by atoms with E-state index in [2.05, 4.69) is 22.9 Å². The van der Waals surface area contributed by atoms with Gasteiger partial charge in [0.1, 0.15) is 24.3 Å². The minimum atomic E-state index is -0.590. The molecular weight excluding hydrogens is 310 g/mol. The van der Waals surface area contributed by atoms with Crippen molar-refractivity contribution in [2.75, 3.05) is 11.1 Å². The quantitative estimate of drug-likeness (QED) is 0.611. The number of nitrogens with zero attached hydrogens (tertiary/aromatic N) is 2. The molecule has 0 radical (unpaired) electrons. The number of esters is 1. The Hall–Kier alpha value is -1.87. The summed E-state index contributed by atoms with van der Waals surface area (Å²) < 4.78 is 12.2. The van der Waals surface area contributed by atoms with E-state index in [1.54, 1.807) is 0 Å². The van der Waals surface area contributed by atoms with E-state index < -0.39 is 24.0 Å². The van der Waals surface area contributed by atoms with E-state index in [0.717, 1.165) is 0 Å². The van der Waals surface area contributed by atoms with Gasteiger partial charge in [0.25, 0.3) is 0 Å². The lowest BCUT2D eigenvalue weighted by atomic mass is 10.2. The first-order valence-electron chi connectivity index (χ1n) is 6.71. The number of thiol groups is 1. The zero-order valence-electron chi connectivity index (χ0n) is 12.2. The minimum Gasteiger partial charge on any atom is -0.460 e. The summed E-state index contributed by atoms with van der Waals surface area (Å²) in [5.41, 5.74) is -0.558. The molecule has 3 atom stereocenters. The Kier molecular flexibility index (Phi) is 5.19. The summed E-state index contributed by atoms with van der Waals surface area (Å²) in [7, 11) is 0. The maximum absolute atomic E-state index is 12.0. The summed E-state index contributed by atoms with van der Waals surface area (Å²) in [5, 5.41) is 2.43. The van der Waals surface area contributed by atoms with Gasteiger partial charge in [-0.05, 0) is 6.07 Å². The van der Waals surface area contributed by atoms with Crippen LogP contribution in [0.15, 0.2) is 17.1 Å². The number of ether oxygens (including phenoxy) is 2. The number of carbonyl (C=O) groups is 2. The van der Waals surface area contributed by atoms with Crippen molar-refractivity contribution in [3.63, 3.8) is 0 Å². The molecule has 1 amide bonds. The molecule has 0 aliphatic carbocycles. The van der Waals surface area contributed by atoms with Crippen LogP contribution < -0.4 is 11.0 Å². The molecule has 1 aliphatic heterocycles. The lowest BCUT2D eigenvalue weighted by Gasteiger charge is -2.15. The number of hydrogen-bond acceptors (Lipinski definition) is 7. The summed E-state index contributed by atoms with van der Waals surface area (Å²) in [6, 6.07) is 1.50. The van der Waals surface area contributed by atoms with Gasteiger partial charge in [0.15, 0.2) is 0 Å². The van der Waals surface area contributed by atoms with Crippen LogP contribution in [0.2, 0.25) is 0 Å². The van der Waals surface area contributed by atoms with Gasteiger partial charge in [-0.2, -0.15) is 17.6 Å². The first kappa shape index (κ1) is 16.5. The topological polar surface area (TPSA) is 99.5 Å². The highest BCUT2D eigenvalue weighted by atomic mass is 32.1. The van der Waals surface area contributed by atoms with Crippen LogP contribution in [0.5, 0.6) is 0 Å². The van der Waals surface area contributed by atoms with E-state index in [4.69, 9.17) is 9.47 Å². The smallest absolute Gasteiger partial charge is 0.351 e. The lowest BCUT2D eigenvalue weighted by Crippen LogP contribution is -2.28. The van der Waals surface area contributed by atoms with Crippen LogP contribution in [0.4, 0.5) is 5.82 Å².